The molecule has 0 spiro atoms. The molecule has 3 atom stereocenters. The lowest BCUT2D eigenvalue weighted by molar-refractivity contribution is -0.0279. The van der Waals surface area contributed by atoms with Crippen LogP contribution in [0.3, 0.4) is 0 Å². The molecule has 6 rings (SSSR count). The van der Waals surface area contributed by atoms with Crippen molar-refractivity contribution >= 4 is 33.1 Å². The highest BCUT2D eigenvalue weighted by molar-refractivity contribution is 7.87. The molecule has 0 aliphatic carbocycles. The Hall–Kier alpha value is -3.65. The van der Waals surface area contributed by atoms with Gasteiger partial charge in [0.15, 0.2) is 0 Å². The first-order valence-corrected chi connectivity index (χ1v) is 20.4. The first-order chi connectivity index (χ1) is 25.0. The lowest BCUT2D eigenvalue weighted by Crippen LogP contribution is -2.54. The number of carbonyl (C=O) groups excluding carboxylic acids is 2. The van der Waals surface area contributed by atoms with E-state index in [0.717, 1.165) is 89.5 Å². The van der Waals surface area contributed by atoms with Gasteiger partial charge in [-0.15, -0.1) is 0 Å². The number of hydrogen-bond acceptors (Lipinski definition) is 7. The van der Waals surface area contributed by atoms with E-state index in [1.165, 1.54) is 32.5 Å². The van der Waals surface area contributed by atoms with Gasteiger partial charge in [0.25, 0.3) is 5.91 Å². The quantitative estimate of drug-likeness (QED) is 0.227. The highest BCUT2D eigenvalue weighted by atomic mass is 32.2. The van der Waals surface area contributed by atoms with Crippen molar-refractivity contribution in [2.75, 3.05) is 60.5 Å². The number of likely N-dealkylation sites (tertiary alicyclic amines) is 1. The predicted molar refractivity (Wildman–Crippen MR) is 204 cm³/mol. The number of rotatable bonds is 13. The molecule has 2 saturated heterocycles. The molecule has 3 aliphatic heterocycles. The highest BCUT2D eigenvalue weighted by Gasteiger charge is 2.33. The van der Waals surface area contributed by atoms with Crippen LogP contribution in [0.2, 0.25) is 0 Å². The second-order valence-corrected chi connectivity index (χ2v) is 16.6. The van der Waals surface area contributed by atoms with Gasteiger partial charge in [-0.1, -0.05) is 39.2 Å². The molecular weight excluding hydrogens is 681 g/mol. The number of carbonyl (C=O) groups is 2. The van der Waals surface area contributed by atoms with E-state index in [-0.39, 0.29) is 29.7 Å². The standard InChI is InChI=1S/C39H56N6O6S/c1-6-8-9-12-27(7-2)36-34-15-13-28(38(46)41-52(48,49)42(3)4)23-35(34)45-24-30(21-29-22-31(50-5)14-16-33(29)37(36)45)40-39(47)44-19-20-51-32(26-44)25-43-17-10-11-18-43/h13-16,22-23,27,30,32H,6-12,17-21,24-26H2,1-5H3,(H,40,47)(H,41,46). The number of urea groups is 1. The van der Waals surface area contributed by atoms with E-state index >= 15 is 0 Å². The van der Waals surface area contributed by atoms with E-state index in [0.29, 0.717) is 32.7 Å². The molecule has 3 amide bonds. The molecule has 4 heterocycles. The maximum absolute atomic E-state index is 14.0. The van der Waals surface area contributed by atoms with Crippen LogP contribution in [0.1, 0.15) is 86.2 Å². The third kappa shape index (κ3) is 8.27. The van der Waals surface area contributed by atoms with Crippen LogP contribution in [0.25, 0.3) is 22.2 Å². The largest absolute Gasteiger partial charge is 0.497 e. The molecule has 2 N–H and O–H groups in total. The van der Waals surface area contributed by atoms with Gasteiger partial charge < -0.3 is 29.2 Å². The normalized spacial score (nSPS) is 20.0. The monoisotopic (exact) mass is 736 g/mol. The average molecular weight is 737 g/mol. The molecule has 0 saturated carbocycles. The molecule has 0 bridgehead atoms. The molecule has 0 radical (unpaired) electrons. The molecule has 2 aromatic carbocycles. The zero-order chi connectivity index (χ0) is 37.0. The molecule has 12 nitrogen and oxygen atoms in total. The van der Waals surface area contributed by atoms with Crippen molar-refractivity contribution in [3.05, 3.63) is 53.1 Å². The predicted octanol–water partition coefficient (Wildman–Crippen LogP) is 5.36. The van der Waals surface area contributed by atoms with Crippen molar-refractivity contribution < 1.29 is 27.5 Å². The summed E-state index contributed by atoms with van der Waals surface area (Å²) >= 11 is 0. The van der Waals surface area contributed by atoms with E-state index in [1.807, 2.05) is 17.0 Å². The van der Waals surface area contributed by atoms with Crippen LogP contribution in [-0.2, 0) is 27.9 Å². The Morgan fingerprint density at radius 1 is 1.04 bits per heavy atom. The van der Waals surface area contributed by atoms with Gasteiger partial charge in [-0.2, -0.15) is 12.7 Å². The lowest BCUT2D eigenvalue weighted by Gasteiger charge is -2.35. The Bertz CT molecular complexity index is 1850. The second-order valence-electron chi connectivity index (χ2n) is 14.7. The number of nitrogens with zero attached hydrogens (tertiary/aromatic N) is 4. The summed E-state index contributed by atoms with van der Waals surface area (Å²) in [4.78, 5) is 31.7. The Kier molecular flexibility index (Phi) is 12.1. The molecule has 284 valence electrons. The van der Waals surface area contributed by atoms with Gasteiger partial charge in [0.2, 0.25) is 0 Å². The Morgan fingerprint density at radius 2 is 1.83 bits per heavy atom. The van der Waals surface area contributed by atoms with E-state index in [1.54, 1.807) is 19.2 Å². The third-order valence-electron chi connectivity index (χ3n) is 11.0. The molecule has 52 heavy (non-hydrogen) atoms. The number of unbranched alkanes of at least 4 members (excludes halogenated alkanes) is 2. The minimum absolute atomic E-state index is 0.0150. The van der Waals surface area contributed by atoms with E-state index in [4.69, 9.17) is 9.47 Å². The average Bonchev–Trinajstić information content (AvgIpc) is 3.71. The highest BCUT2D eigenvalue weighted by Crippen LogP contribution is 2.45. The summed E-state index contributed by atoms with van der Waals surface area (Å²) in [6.07, 6.45) is 8.36. The van der Waals surface area contributed by atoms with Gasteiger partial charge in [0, 0.05) is 62.3 Å². The van der Waals surface area contributed by atoms with E-state index in [9.17, 15) is 18.0 Å². The summed E-state index contributed by atoms with van der Waals surface area (Å²) in [5.74, 6) is 0.326. The maximum atomic E-state index is 14.0. The molecule has 3 aliphatic rings. The van der Waals surface area contributed by atoms with Crippen molar-refractivity contribution in [3.63, 3.8) is 0 Å². The molecule has 3 aromatic rings. The number of fused-ring (bicyclic) bond motifs is 5. The van der Waals surface area contributed by atoms with Gasteiger partial charge in [-0.25, -0.2) is 9.52 Å². The number of ether oxygens (including phenoxy) is 2. The smallest absolute Gasteiger partial charge is 0.317 e. The van der Waals surface area contributed by atoms with Crippen LogP contribution in [-0.4, -0.2) is 112 Å². The fourth-order valence-corrected chi connectivity index (χ4v) is 8.68. The molecule has 2 fully saturated rings. The fourth-order valence-electron chi connectivity index (χ4n) is 8.15. The van der Waals surface area contributed by atoms with Gasteiger partial charge in [-0.3, -0.25) is 4.79 Å². The van der Waals surface area contributed by atoms with Crippen LogP contribution < -0.4 is 14.8 Å². The van der Waals surface area contributed by atoms with Gasteiger partial charge >= 0.3 is 16.2 Å². The van der Waals surface area contributed by atoms with Crippen molar-refractivity contribution in [1.82, 2.24) is 28.7 Å². The summed E-state index contributed by atoms with van der Waals surface area (Å²) in [6.45, 7) is 9.51. The van der Waals surface area contributed by atoms with E-state index in [2.05, 4.69) is 45.5 Å². The van der Waals surface area contributed by atoms with Crippen molar-refractivity contribution in [3.8, 4) is 17.0 Å². The lowest BCUT2D eigenvalue weighted by atomic mass is 9.86. The third-order valence-corrected chi connectivity index (χ3v) is 12.4. The van der Waals surface area contributed by atoms with Crippen LogP contribution in [0, 0.1) is 0 Å². The Morgan fingerprint density at radius 3 is 2.54 bits per heavy atom. The topological polar surface area (TPSA) is 125 Å². The molecule has 1 aromatic heterocycles. The number of amides is 3. The number of morpholine rings is 1. The number of benzene rings is 2. The number of aromatic nitrogens is 1. The first-order valence-electron chi connectivity index (χ1n) is 19.0. The number of nitrogens with one attached hydrogen (secondary N) is 2. The van der Waals surface area contributed by atoms with Gasteiger partial charge in [0.1, 0.15) is 5.75 Å². The van der Waals surface area contributed by atoms with Crippen molar-refractivity contribution in [2.24, 2.45) is 0 Å². The Labute approximate surface area is 309 Å². The van der Waals surface area contributed by atoms with Crippen LogP contribution in [0.4, 0.5) is 4.79 Å². The van der Waals surface area contributed by atoms with Crippen LogP contribution >= 0.6 is 0 Å². The zero-order valence-corrected chi connectivity index (χ0v) is 32.3. The number of hydrogen-bond donors (Lipinski definition) is 2. The molecule has 3 unspecified atom stereocenters. The summed E-state index contributed by atoms with van der Waals surface area (Å²) in [5.41, 5.74) is 5.58. The summed E-state index contributed by atoms with van der Waals surface area (Å²) in [7, 11) is 0.445. The van der Waals surface area contributed by atoms with Gasteiger partial charge in [-0.05, 0) is 92.6 Å². The maximum Gasteiger partial charge on any atom is 0.317 e. The Balaban J connectivity index is 1.41. The minimum Gasteiger partial charge on any atom is -0.497 e. The molecule has 13 heteroatoms. The first kappa shape index (κ1) is 38.1. The van der Waals surface area contributed by atoms with Gasteiger partial charge in [0.05, 0.1) is 31.6 Å². The summed E-state index contributed by atoms with van der Waals surface area (Å²) < 4.78 is 42.4. The second kappa shape index (κ2) is 16.6. The summed E-state index contributed by atoms with van der Waals surface area (Å²) in [6, 6.07) is 11.3. The number of methoxy groups -OCH3 is 1. The fraction of sp³-hybridized carbons (Fsp3) is 0.590. The molecular formula is C39H56N6O6S. The minimum atomic E-state index is -3.99. The van der Waals surface area contributed by atoms with Crippen LogP contribution in [0.5, 0.6) is 5.75 Å². The zero-order valence-electron chi connectivity index (χ0n) is 31.4. The van der Waals surface area contributed by atoms with Crippen molar-refractivity contribution in [2.45, 2.75) is 89.8 Å². The SMILES string of the molecule is CCCCCC(CC)c1c2n(c3cc(C(=O)NS(=O)(=O)N(C)C)ccc13)CC(NC(=O)N1CCOC(CN3CCCC3)C1)Cc1cc(OC)ccc1-2. The summed E-state index contributed by atoms with van der Waals surface area (Å²) in [5, 5.41) is 4.43. The van der Waals surface area contributed by atoms with E-state index < -0.39 is 16.1 Å². The van der Waals surface area contributed by atoms with Crippen LogP contribution in [0.15, 0.2) is 36.4 Å². The van der Waals surface area contributed by atoms with Crippen molar-refractivity contribution in [1.29, 1.82) is 0 Å².